The topological polar surface area (TPSA) is 101 Å². The zero-order chi connectivity index (χ0) is 22.8. The molecule has 2 N–H and O–H groups in total. The first-order valence-electron chi connectivity index (χ1n) is 10.1. The lowest BCUT2D eigenvalue weighted by molar-refractivity contribution is -0.132. The van der Waals surface area contributed by atoms with E-state index in [0.717, 1.165) is 6.29 Å². The number of hydrogen-bond donors (Lipinski definition) is 2. The monoisotopic (exact) mass is 420 g/mol. The van der Waals surface area contributed by atoms with E-state index in [9.17, 15) is 24.6 Å². The number of carbonyl (C=O) groups is 3. The summed E-state index contributed by atoms with van der Waals surface area (Å²) in [7, 11) is 0. The van der Waals surface area contributed by atoms with Crippen LogP contribution in [0.5, 0.6) is 11.5 Å². The van der Waals surface area contributed by atoms with Crippen LogP contribution in [0, 0.1) is 11.3 Å². The van der Waals surface area contributed by atoms with Gasteiger partial charge in [0.15, 0.2) is 5.78 Å². The van der Waals surface area contributed by atoms with Crippen LogP contribution in [0.3, 0.4) is 0 Å². The number of aromatic hydroxyl groups is 1. The number of benzene rings is 1. The molecule has 6 nitrogen and oxygen atoms in total. The van der Waals surface area contributed by atoms with Gasteiger partial charge in [0.25, 0.3) is 0 Å². The Morgan fingerprint density at radius 3 is 2.55 bits per heavy atom. The fourth-order valence-corrected chi connectivity index (χ4v) is 3.82. The summed E-state index contributed by atoms with van der Waals surface area (Å²) in [6, 6.07) is 4.63. The molecule has 0 bridgehead atoms. The summed E-state index contributed by atoms with van der Waals surface area (Å²) in [4.78, 5) is 35.4. The number of rotatable bonds is 3. The maximum absolute atomic E-state index is 12.0. The molecule has 0 spiro atoms. The Kier molecular flexibility index (Phi) is 6.11. The highest BCUT2D eigenvalue weighted by Gasteiger charge is 2.39. The molecule has 1 heterocycles. The number of ether oxygens (including phenoxy) is 1. The number of phenolic OH excluding ortho intramolecular Hbond substituents is 1. The number of allylic oxidation sites excluding steroid dienone is 7. The molecule has 31 heavy (non-hydrogen) atoms. The van der Waals surface area contributed by atoms with Crippen molar-refractivity contribution < 1.29 is 29.3 Å². The van der Waals surface area contributed by atoms with E-state index < -0.39 is 23.2 Å². The number of carboxylic acids is 1. The van der Waals surface area contributed by atoms with Gasteiger partial charge in [-0.2, -0.15) is 0 Å². The lowest BCUT2D eigenvalue weighted by Crippen LogP contribution is -2.27. The van der Waals surface area contributed by atoms with E-state index in [1.807, 2.05) is 13.8 Å². The molecule has 0 saturated carbocycles. The van der Waals surface area contributed by atoms with Crippen molar-refractivity contribution in [1.29, 1.82) is 0 Å². The molecule has 0 saturated heterocycles. The van der Waals surface area contributed by atoms with E-state index in [1.54, 1.807) is 37.3 Å². The number of ketones is 1. The fourth-order valence-electron chi connectivity index (χ4n) is 3.82. The number of carbonyl (C=O) groups excluding carboxylic acids is 2. The largest absolute Gasteiger partial charge is 0.508 e. The summed E-state index contributed by atoms with van der Waals surface area (Å²) in [5.41, 5.74) is 0.305. The number of phenols is 1. The number of carboxylic acid groups (broad SMARTS) is 1. The van der Waals surface area contributed by atoms with Crippen molar-refractivity contribution in [2.45, 2.75) is 26.7 Å². The maximum Gasteiger partial charge on any atom is 0.335 e. The van der Waals surface area contributed by atoms with Gasteiger partial charge in [-0.25, -0.2) is 4.79 Å². The van der Waals surface area contributed by atoms with Crippen molar-refractivity contribution in [3.63, 3.8) is 0 Å². The van der Waals surface area contributed by atoms with Crippen LogP contribution < -0.4 is 4.74 Å². The fraction of sp³-hybridized carbons (Fsp3) is 0.240. The van der Waals surface area contributed by atoms with Crippen LogP contribution in [-0.4, -0.2) is 28.3 Å². The summed E-state index contributed by atoms with van der Waals surface area (Å²) < 4.78 is 5.86. The molecular weight excluding hydrogens is 396 g/mol. The number of aldehydes is 1. The van der Waals surface area contributed by atoms with Crippen LogP contribution >= 0.6 is 0 Å². The SMILES string of the molecule is CC.CC1(C=O)C=CC(C(=O)O)=C(C2c3ccc(O)cc3OC3=CC(=O)C=CC32)C=C1. The van der Waals surface area contributed by atoms with Gasteiger partial charge in [-0.15, -0.1) is 0 Å². The summed E-state index contributed by atoms with van der Waals surface area (Å²) in [5.74, 6) is -1.48. The van der Waals surface area contributed by atoms with Gasteiger partial charge >= 0.3 is 5.97 Å². The Balaban J connectivity index is 0.00000132. The second-order valence-corrected chi connectivity index (χ2v) is 7.46. The molecule has 1 aromatic carbocycles. The van der Waals surface area contributed by atoms with Gasteiger partial charge in [0, 0.05) is 29.5 Å². The zero-order valence-corrected chi connectivity index (χ0v) is 17.5. The van der Waals surface area contributed by atoms with Crippen LogP contribution in [0.15, 0.2) is 77.6 Å². The van der Waals surface area contributed by atoms with E-state index in [-0.39, 0.29) is 17.1 Å². The zero-order valence-electron chi connectivity index (χ0n) is 17.5. The van der Waals surface area contributed by atoms with Gasteiger partial charge in [0.2, 0.25) is 0 Å². The van der Waals surface area contributed by atoms with Gasteiger partial charge in [0.05, 0.1) is 11.0 Å². The molecule has 1 aromatic rings. The first kappa shape index (κ1) is 22.0. The second-order valence-electron chi connectivity index (χ2n) is 7.46. The van der Waals surface area contributed by atoms with Gasteiger partial charge in [-0.05, 0) is 24.6 Å². The predicted molar refractivity (Wildman–Crippen MR) is 116 cm³/mol. The Hall–Kier alpha value is -3.67. The summed E-state index contributed by atoms with van der Waals surface area (Å²) >= 11 is 0. The van der Waals surface area contributed by atoms with Crippen LogP contribution in [0.2, 0.25) is 0 Å². The molecular formula is C25H24O6. The van der Waals surface area contributed by atoms with E-state index in [0.29, 0.717) is 22.6 Å². The smallest absolute Gasteiger partial charge is 0.335 e. The van der Waals surface area contributed by atoms with Crippen LogP contribution in [-0.2, 0) is 14.4 Å². The van der Waals surface area contributed by atoms with Crippen LogP contribution in [0.25, 0.3) is 0 Å². The Morgan fingerprint density at radius 2 is 1.87 bits per heavy atom. The third kappa shape index (κ3) is 4.14. The molecule has 160 valence electrons. The van der Waals surface area contributed by atoms with Gasteiger partial charge < -0.3 is 19.7 Å². The first-order valence-corrected chi connectivity index (χ1v) is 10.1. The van der Waals surface area contributed by atoms with E-state index in [4.69, 9.17) is 4.74 Å². The van der Waals surface area contributed by atoms with Gasteiger partial charge in [-0.3, -0.25) is 4.79 Å². The molecule has 3 atom stereocenters. The average molecular weight is 420 g/mol. The first-order chi connectivity index (χ1) is 14.8. The third-order valence-electron chi connectivity index (χ3n) is 5.36. The van der Waals surface area contributed by atoms with Crippen molar-refractivity contribution in [2.24, 2.45) is 11.3 Å². The molecule has 3 unspecified atom stereocenters. The third-order valence-corrected chi connectivity index (χ3v) is 5.36. The molecule has 0 aromatic heterocycles. The second kappa shape index (κ2) is 8.60. The molecule has 2 aliphatic carbocycles. The molecule has 1 aliphatic heterocycles. The number of fused-ring (bicyclic) bond motifs is 2. The van der Waals surface area contributed by atoms with Crippen molar-refractivity contribution in [3.8, 4) is 11.5 Å². The van der Waals surface area contributed by atoms with E-state index in [1.165, 1.54) is 30.4 Å². The van der Waals surface area contributed by atoms with Crippen LogP contribution in [0.1, 0.15) is 32.3 Å². The Morgan fingerprint density at radius 1 is 1.16 bits per heavy atom. The molecule has 0 amide bonds. The highest BCUT2D eigenvalue weighted by molar-refractivity contribution is 6.01. The molecule has 3 aliphatic rings. The predicted octanol–water partition coefficient (Wildman–Crippen LogP) is 4.25. The summed E-state index contributed by atoms with van der Waals surface area (Å²) in [5, 5.41) is 19.7. The standard InChI is InChI=1S/C23H18O6.C2H6/c1-23(12-24)8-6-15(16(7-9-23)22(27)28)21-17-4-2-13(25)10-19(17)29-20-11-14(26)3-5-18(20)21;1-2/h2-12,17,21,26H,1H3,(H,27,28);1-2H3. The molecule has 0 radical (unpaired) electrons. The Labute approximate surface area is 180 Å². The maximum atomic E-state index is 12.0. The van der Waals surface area contributed by atoms with Crippen molar-refractivity contribution in [3.05, 3.63) is 83.2 Å². The van der Waals surface area contributed by atoms with Crippen LogP contribution in [0.4, 0.5) is 0 Å². The van der Waals surface area contributed by atoms with Crippen molar-refractivity contribution in [2.75, 3.05) is 0 Å². The summed E-state index contributed by atoms with van der Waals surface area (Å²) in [6.45, 7) is 5.69. The minimum Gasteiger partial charge on any atom is -0.508 e. The van der Waals surface area contributed by atoms with E-state index >= 15 is 0 Å². The lowest BCUT2D eigenvalue weighted by atomic mass is 9.74. The quantitative estimate of drug-likeness (QED) is 0.709. The number of hydrogen-bond acceptors (Lipinski definition) is 5. The number of aliphatic carboxylic acids is 1. The van der Waals surface area contributed by atoms with Crippen molar-refractivity contribution >= 4 is 18.0 Å². The highest BCUT2D eigenvalue weighted by atomic mass is 16.5. The minimum absolute atomic E-state index is 0.00324. The normalized spacial score (nSPS) is 25.9. The van der Waals surface area contributed by atoms with E-state index in [2.05, 4.69) is 0 Å². The van der Waals surface area contributed by atoms with Crippen molar-refractivity contribution in [1.82, 2.24) is 0 Å². The lowest BCUT2D eigenvalue weighted by Gasteiger charge is -2.36. The summed E-state index contributed by atoms with van der Waals surface area (Å²) in [6.07, 6.45) is 11.6. The molecule has 4 rings (SSSR count). The Bertz CT molecular complexity index is 1090. The van der Waals surface area contributed by atoms with Gasteiger partial charge in [0.1, 0.15) is 23.5 Å². The molecule has 6 heteroatoms. The average Bonchev–Trinajstić information content (AvgIpc) is 2.93. The minimum atomic E-state index is -1.12. The highest BCUT2D eigenvalue weighted by Crippen LogP contribution is 2.50. The van der Waals surface area contributed by atoms with Gasteiger partial charge in [-0.1, -0.05) is 50.3 Å². The molecule has 0 fully saturated rings.